The van der Waals surface area contributed by atoms with Crippen molar-refractivity contribution in [1.82, 2.24) is 9.97 Å². The number of ether oxygens (including phenoxy) is 1. The van der Waals surface area contributed by atoms with E-state index in [2.05, 4.69) is 49.1 Å². The van der Waals surface area contributed by atoms with E-state index in [1.165, 1.54) is 13.3 Å². The summed E-state index contributed by atoms with van der Waals surface area (Å²) in [6, 6.07) is 3.33. The fourth-order valence-corrected chi connectivity index (χ4v) is 3.71. The highest BCUT2D eigenvalue weighted by atomic mass is 35.5. The summed E-state index contributed by atoms with van der Waals surface area (Å²) in [4.78, 5) is 20.4. The Labute approximate surface area is 180 Å². The minimum Gasteiger partial charge on any atom is -0.542 e. The van der Waals surface area contributed by atoms with E-state index in [9.17, 15) is 4.79 Å². The average molecular weight is 463 g/mol. The molecule has 6 nitrogen and oxygen atoms in total. The number of aromatic nitrogens is 2. The monoisotopic (exact) mass is 461 g/mol. The Morgan fingerprint density at radius 3 is 2.39 bits per heavy atom. The van der Waals surface area contributed by atoms with Gasteiger partial charge in [-0.05, 0) is 41.9 Å². The molecule has 28 heavy (non-hydrogen) atoms. The fourth-order valence-electron chi connectivity index (χ4n) is 1.99. The molecule has 152 valence electrons. The maximum atomic E-state index is 12.7. The summed E-state index contributed by atoms with van der Waals surface area (Å²) in [5.41, 5.74) is 0.330. The number of methoxy groups -OCH3 is 1. The van der Waals surface area contributed by atoms with Crippen molar-refractivity contribution < 1.29 is 14.0 Å². The van der Waals surface area contributed by atoms with Crippen molar-refractivity contribution in [3.63, 3.8) is 0 Å². The third kappa shape index (κ3) is 4.89. The number of hydrogen-bond acceptors (Lipinski definition) is 5. The molecule has 1 aromatic heterocycles. The summed E-state index contributed by atoms with van der Waals surface area (Å²) in [7, 11) is -0.759. The largest absolute Gasteiger partial charge is 0.542 e. The van der Waals surface area contributed by atoms with Crippen LogP contribution in [0.25, 0.3) is 0 Å². The van der Waals surface area contributed by atoms with Crippen LogP contribution in [0, 0.1) is 0 Å². The normalized spacial score (nSPS) is 11.9. The maximum absolute atomic E-state index is 12.7. The lowest BCUT2D eigenvalue weighted by atomic mass is 10.2. The smallest absolute Gasteiger partial charge is 0.262 e. The Kier molecular flexibility index (Phi) is 6.86. The predicted molar refractivity (Wildman–Crippen MR) is 116 cm³/mol. The SMILES string of the molecule is COc1nc(Cl)ncc1C(=O)Nc1c(Cl)ccc(O[Si](C)(C)C(C)(C)C)c1Cl. The Bertz CT molecular complexity index is 902. The van der Waals surface area contributed by atoms with Crippen LogP contribution in [0.15, 0.2) is 18.3 Å². The minimum absolute atomic E-state index is 0.0204. The zero-order valence-corrected chi connectivity index (χ0v) is 19.8. The molecule has 0 fully saturated rings. The third-order valence-corrected chi connectivity index (χ3v) is 9.84. The first-order valence-corrected chi connectivity index (χ1v) is 12.5. The Morgan fingerprint density at radius 1 is 1.18 bits per heavy atom. The van der Waals surface area contributed by atoms with E-state index in [-0.39, 0.29) is 37.5 Å². The Hall–Kier alpha value is -1.54. The zero-order valence-electron chi connectivity index (χ0n) is 16.5. The van der Waals surface area contributed by atoms with Gasteiger partial charge in [-0.15, -0.1) is 0 Å². The van der Waals surface area contributed by atoms with Crippen molar-refractivity contribution in [2.45, 2.75) is 38.9 Å². The molecule has 0 unspecified atom stereocenters. The average Bonchev–Trinajstić information content (AvgIpc) is 2.59. The van der Waals surface area contributed by atoms with Crippen molar-refractivity contribution in [2.75, 3.05) is 12.4 Å². The van der Waals surface area contributed by atoms with Crippen molar-refractivity contribution in [2.24, 2.45) is 0 Å². The van der Waals surface area contributed by atoms with Crippen LogP contribution in [-0.4, -0.2) is 31.3 Å². The van der Waals surface area contributed by atoms with Gasteiger partial charge in [0.05, 0.1) is 17.8 Å². The van der Waals surface area contributed by atoms with Crippen molar-refractivity contribution >= 4 is 54.7 Å². The second-order valence-corrected chi connectivity index (χ2v) is 13.5. The van der Waals surface area contributed by atoms with Crippen LogP contribution in [0.5, 0.6) is 11.6 Å². The summed E-state index contributed by atoms with van der Waals surface area (Å²) >= 11 is 18.5. The molecule has 0 aliphatic rings. The number of benzene rings is 1. The number of nitrogens with zero attached hydrogens (tertiary/aromatic N) is 2. The molecule has 0 radical (unpaired) electrons. The highest BCUT2D eigenvalue weighted by molar-refractivity contribution is 6.74. The number of amides is 1. The standard InChI is InChI=1S/C18H22Cl3N3O3Si/c1-18(2,3)28(5,6)27-12-8-7-11(19)14(13(12)20)23-15(25)10-9-22-17(21)24-16(10)26-4/h7-9H,1-6H3,(H,23,25). The first kappa shape index (κ1) is 22.7. The molecule has 1 aromatic carbocycles. The number of carbonyl (C=O) groups is 1. The minimum atomic E-state index is -2.14. The molecule has 0 aliphatic heterocycles. The van der Waals surface area contributed by atoms with Gasteiger partial charge >= 0.3 is 0 Å². The van der Waals surface area contributed by atoms with Crippen molar-refractivity contribution in [3.8, 4) is 11.6 Å². The Balaban J connectivity index is 2.38. The van der Waals surface area contributed by atoms with Crippen LogP contribution in [0.3, 0.4) is 0 Å². The lowest BCUT2D eigenvalue weighted by Gasteiger charge is -2.36. The summed E-state index contributed by atoms with van der Waals surface area (Å²) in [5, 5.41) is 3.12. The van der Waals surface area contributed by atoms with E-state index in [0.717, 1.165) is 0 Å². The molecule has 10 heteroatoms. The van der Waals surface area contributed by atoms with Crippen LogP contribution >= 0.6 is 34.8 Å². The lowest BCUT2D eigenvalue weighted by Crippen LogP contribution is -2.43. The summed E-state index contributed by atoms with van der Waals surface area (Å²) in [6.45, 7) is 10.6. The van der Waals surface area contributed by atoms with Gasteiger partial charge in [0, 0.05) is 6.20 Å². The highest BCUT2D eigenvalue weighted by Gasteiger charge is 2.39. The van der Waals surface area contributed by atoms with Crippen LogP contribution < -0.4 is 14.5 Å². The second-order valence-electron chi connectivity index (χ2n) is 7.61. The first-order chi connectivity index (χ1) is 12.9. The molecule has 0 spiro atoms. The van der Waals surface area contributed by atoms with E-state index in [0.29, 0.717) is 5.75 Å². The molecule has 1 amide bonds. The highest BCUT2D eigenvalue weighted by Crippen LogP contribution is 2.43. The van der Waals surface area contributed by atoms with Crippen LogP contribution in [0.1, 0.15) is 31.1 Å². The number of halogens is 3. The van der Waals surface area contributed by atoms with Gasteiger partial charge in [-0.25, -0.2) is 4.98 Å². The van der Waals surface area contributed by atoms with Gasteiger partial charge in [-0.2, -0.15) is 4.98 Å². The lowest BCUT2D eigenvalue weighted by molar-refractivity contribution is 0.102. The molecule has 0 saturated heterocycles. The topological polar surface area (TPSA) is 73.3 Å². The zero-order chi connectivity index (χ0) is 21.3. The van der Waals surface area contributed by atoms with Gasteiger partial charge in [-0.1, -0.05) is 44.0 Å². The van der Waals surface area contributed by atoms with Crippen LogP contribution in [0.2, 0.25) is 33.5 Å². The first-order valence-electron chi connectivity index (χ1n) is 8.42. The number of nitrogens with one attached hydrogen (secondary N) is 1. The molecule has 1 N–H and O–H groups in total. The summed E-state index contributed by atoms with van der Waals surface area (Å²) in [5.74, 6) is -0.0347. The molecule has 0 atom stereocenters. The second kappa shape index (κ2) is 8.45. The molecule has 2 aromatic rings. The summed E-state index contributed by atoms with van der Waals surface area (Å²) in [6.07, 6.45) is 1.27. The van der Waals surface area contributed by atoms with Gasteiger partial charge in [0.1, 0.15) is 16.3 Å². The van der Waals surface area contributed by atoms with Gasteiger partial charge < -0.3 is 14.5 Å². The Morgan fingerprint density at radius 2 is 1.82 bits per heavy atom. The molecule has 0 bridgehead atoms. The summed E-state index contributed by atoms with van der Waals surface area (Å²) < 4.78 is 11.4. The fraction of sp³-hybridized carbons (Fsp3) is 0.389. The molecular weight excluding hydrogens is 441 g/mol. The molecular formula is C18H22Cl3N3O3Si. The molecule has 1 heterocycles. The van der Waals surface area contributed by atoms with Gasteiger partial charge in [0.25, 0.3) is 14.2 Å². The van der Waals surface area contributed by atoms with Crippen molar-refractivity contribution in [1.29, 1.82) is 0 Å². The van der Waals surface area contributed by atoms with Gasteiger partial charge in [0.2, 0.25) is 11.2 Å². The number of anilines is 1. The maximum Gasteiger partial charge on any atom is 0.262 e. The number of carbonyl (C=O) groups excluding carboxylic acids is 1. The van der Waals surface area contributed by atoms with E-state index in [1.807, 2.05) is 0 Å². The van der Waals surface area contributed by atoms with Gasteiger partial charge in [0.15, 0.2) is 0 Å². The van der Waals surface area contributed by atoms with E-state index in [4.69, 9.17) is 44.0 Å². The number of hydrogen-bond donors (Lipinski definition) is 1. The van der Waals surface area contributed by atoms with Crippen LogP contribution in [-0.2, 0) is 0 Å². The van der Waals surface area contributed by atoms with E-state index in [1.54, 1.807) is 12.1 Å². The van der Waals surface area contributed by atoms with Gasteiger partial charge in [-0.3, -0.25) is 4.79 Å². The predicted octanol–water partition coefficient (Wildman–Crippen LogP) is 6.08. The molecule has 0 aliphatic carbocycles. The van der Waals surface area contributed by atoms with E-state index < -0.39 is 14.2 Å². The van der Waals surface area contributed by atoms with Crippen molar-refractivity contribution in [3.05, 3.63) is 39.2 Å². The van der Waals surface area contributed by atoms with E-state index >= 15 is 0 Å². The number of rotatable bonds is 5. The van der Waals surface area contributed by atoms with Crippen LogP contribution in [0.4, 0.5) is 5.69 Å². The third-order valence-electron chi connectivity index (χ3n) is 4.63. The molecule has 2 rings (SSSR count). The molecule has 0 saturated carbocycles. The quantitative estimate of drug-likeness (QED) is 0.430.